The van der Waals surface area contributed by atoms with Gasteiger partial charge in [-0.2, -0.15) is 0 Å². The van der Waals surface area contributed by atoms with Gasteiger partial charge in [0.15, 0.2) is 13.0 Å². The Morgan fingerprint density at radius 2 is 2.21 bits per heavy atom. The first-order valence-corrected chi connectivity index (χ1v) is 6.07. The Kier molecular flexibility index (Phi) is 4.35. The third-order valence-corrected chi connectivity index (χ3v) is 2.93. The van der Waals surface area contributed by atoms with Crippen LogP contribution in [0.1, 0.15) is 11.3 Å². The molecule has 6 nitrogen and oxygen atoms in total. The van der Waals surface area contributed by atoms with Crippen molar-refractivity contribution in [3.05, 3.63) is 35.5 Å². The lowest BCUT2D eigenvalue weighted by Gasteiger charge is -2.08. The van der Waals surface area contributed by atoms with Crippen molar-refractivity contribution in [2.45, 2.75) is 13.0 Å². The molecule has 1 N–H and O–H groups in total. The van der Waals surface area contributed by atoms with Gasteiger partial charge in [-0.15, -0.1) is 0 Å². The van der Waals surface area contributed by atoms with Crippen molar-refractivity contribution in [3.8, 4) is 11.7 Å². The number of nitrogens with zero attached hydrogens (tertiary/aromatic N) is 2. The molecule has 0 aliphatic heterocycles. The number of ether oxygens (including phenoxy) is 1. The number of aromatic nitrogens is 2. The normalized spacial score (nSPS) is 10.6. The van der Waals surface area contributed by atoms with Gasteiger partial charge in [0.05, 0.1) is 18.9 Å². The molecule has 2 aromatic rings. The van der Waals surface area contributed by atoms with Gasteiger partial charge >= 0.3 is 0 Å². The summed E-state index contributed by atoms with van der Waals surface area (Å²) in [6.45, 7) is 1.18. The van der Waals surface area contributed by atoms with Crippen LogP contribution < -0.4 is 19.8 Å². The Bertz CT molecular complexity index is 520. The third-order valence-electron chi connectivity index (χ3n) is 2.93. The monoisotopic (exact) mass is 263 g/mol. The van der Waals surface area contributed by atoms with E-state index in [-0.39, 0.29) is 0 Å². The van der Waals surface area contributed by atoms with E-state index in [4.69, 9.17) is 4.74 Å². The molecule has 0 aliphatic carbocycles. The summed E-state index contributed by atoms with van der Waals surface area (Å²) >= 11 is 0. The van der Waals surface area contributed by atoms with Gasteiger partial charge in [-0.3, -0.25) is 0 Å². The maximum absolute atomic E-state index is 11.3. The van der Waals surface area contributed by atoms with Gasteiger partial charge in [-0.05, 0) is 24.6 Å². The molecule has 1 heterocycles. The van der Waals surface area contributed by atoms with Crippen molar-refractivity contribution >= 4 is 0 Å². The van der Waals surface area contributed by atoms with Gasteiger partial charge in [0.1, 0.15) is 5.75 Å². The Hall–Kier alpha value is -2.08. The molecule has 0 aliphatic rings. The summed E-state index contributed by atoms with van der Waals surface area (Å²) in [5.74, 6) is 0.483. The standard InChI is InChI=1S/C13H17N3O3/c1-16-11(13(17)19-15-16)9-14-8-7-10-5-3-4-6-12(10)18-2/h3-6,14H,7-9H2,1-2H3. The van der Waals surface area contributed by atoms with Crippen molar-refractivity contribution in [1.82, 2.24) is 10.6 Å². The van der Waals surface area contributed by atoms with Crippen LogP contribution in [0.25, 0.3) is 0 Å². The zero-order valence-electron chi connectivity index (χ0n) is 11.0. The molecule has 1 aromatic heterocycles. The number of methoxy groups -OCH3 is 1. The molecule has 0 spiro atoms. The minimum atomic E-state index is -0.396. The summed E-state index contributed by atoms with van der Waals surface area (Å²) < 4.78 is 11.3. The second-order valence-corrected chi connectivity index (χ2v) is 4.17. The summed E-state index contributed by atoms with van der Waals surface area (Å²) in [5, 5.41) is 18.0. The van der Waals surface area contributed by atoms with E-state index in [1.54, 1.807) is 14.2 Å². The quantitative estimate of drug-likeness (QED) is 0.582. The summed E-state index contributed by atoms with van der Waals surface area (Å²) in [4.78, 5) is 0. The smallest absolute Gasteiger partial charge is 0.246 e. The molecule has 0 unspecified atom stereocenters. The predicted molar refractivity (Wildman–Crippen MR) is 65.5 cm³/mol. The fourth-order valence-electron chi connectivity index (χ4n) is 1.86. The van der Waals surface area contributed by atoms with Gasteiger partial charge in [-0.25, -0.2) is 0 Å². The van der Waals surface area contributed by atoms with Crippen LogP contribution in [-0.2, 0) is 20.0 Å². The average Bonchev–Trinajstić information content (AvgIpc) is 2.75. The Morgan fingerprint density at radius 3 is 2.89 bits per heavy atom. The highest BCUT2D eigenvalue weighted by Crippen LogP contribution is 2.17. The molecule has 0 bridgehead atoms. The largest absolute Gasteiger partial charge is 0.539 e. The zero-order chi connectivity index (χ0) is 13.7. The average molecular weight is 263 g/mol. The number of benzene rings is 1. The van der Waals surface area contributed by atoms with Crippen LogP contribution in [0.5, 0.6) is 11.7 Å². The van der Waals surface area contributed by atoms with Gasteiger partial charge in [0.2, 0.25) is 5.69 Å². The van der Waals surface area contributed by atoms with Crippen LogP contribution in [-0.4, -0.2) is 18.9 Å². The molecule has 0 fully saturated rings. The second kappa shape index (κ2) is 6.19. The van der Waals surface area contributed by atoms with E-state index in [2.05, 4.69) is 15.1 Å². The van der Waals surface area contributed by atoms with E-state index in [0.29, 0.717) is 12.2 Å². The molecule has 0 radical (unpaired) electrons. The number of rotatable bonds is 6. The summed E-state index contributed by atoms with van der Waals surface area (Å²) in [6, 6.07) is 7.88. The zero-order valence-corrected chi connectivity index (χ0v) is 11.0. The van der Waals surface area contributed by atoms with Gasteiger partial charge in [0.25, 0.3) is 0 Å². The lowest BCUT2D eigenvalue weighted by molar-refractivity contribution is -0.746. The van der Waals surface area contributed by atoms with Crippen molar-refractivity contribution in [3.63, 3.8) is 0 Å². The number of hydrogen-bond donors (Lipinski definition) is 1. The molecular weight excluding hydrogens is 246 g/mol. The molecule has 1 aromatic carbocycles. The highest BCUT2D eigenvalue weighted by atomic mass is 16.6. The highest BCUT2D eigenvalue weighted by Gasteiger charge is 2.11. The maximum Gasteiger partial charge on any atom is 0.246 e. The van der Waals surface area contributed by atoms with E-state index in [9.17, 15) is 5.11 Å². The molecule has 0 saturated heterocycles. The van der Waals surface area contributed by atoms with E-state index < -0.39 is 5.95 Å². The fourth-order valence-corrected chi connectivity index (χ4v) is 1.86. The van der Waals surface area contributed by atoms with Gasteiger partial charge in [0, 0.05) is 0 Å². The lowest BCUT2D eigenvalue weighted by atomic mass is 10.1. The Balaban J connectivity index is 1.84. The van der Waals surface area contributed by atoms with E-state index in [1.807, 2.05) is 24.3 Å². The molecule has 102 valence electrons. The van der Waals surface area contributed by atoms with E-state index in [0.717, 1.165) is 24.3 Å². The lowest BCUT2D eigenvalue weighted by Crippen LogP contribution is -2.37. The minimum Gasteiger partial charge on any atom is -0.539 e. The fraction of sp³-hybridized carbons (Fsp3) is 0.385. The molecule has 6 heteroatoms. The number of nitrogens with one attached hydrogen (secondary N) is 1. The van der Waals surface area contributed by atoms with Crippen LogP contribution in [0, 0.1) is 0 Å². The highest BCUT2D eigenvalue weighted by molar-refractivity contribution is 5.33. The number of hydrogen-bond acceptors (Lipinski definition) is 5. The SMILES string of the molecule is COc1ccccc1CCNCc1c([O-])on[n+]1C. The van der Waals surface area contributed by atoms with Crippen LogP contribution in [0.2, 0.25) is 0 Å². The summed E-state index contributed by atoms with van der Waals surface area (Å²) in [6.07, 6.45) is 0.827. The third kappa shape index (κ3) is 3.23. The van der Waals surface area contributed by atoms with Crippen LogP contribution in [0.15, 0.2) is 28.8 Å². The van der Waals surface area contributed by atoms with Crippen molar-refractivity contribution < 1.29 is 19.0 Å². The van der Waals surface area contributed by atoms with Crippen LogP contribution in [0.4, 0.5) is 0 Å². The molecule has 0 amide bonds. The maximum atomic E-state index is 11.3. The first kappa shape index (κ1) is 13.4. The predicted octanol–water partition coefficient (Wildman–Crippen LogP) is -0.0864. The first-order valence-electron chi connectivity index (χ1n) is 6.07. The number of para-hydroxylation sites is 1. The summed E-state index contributed by atoms with van der Waals surface area (Å²) in [7, 11) is 3.34. The Labute approximate surface area is 111 Å². The number of aryl methyl sites for hydroxylation is 1. The molecule has 0 saturated carbocycles. The van der Waals surface area contributed by atoms with Crippen molar-refractivity contribution in [2.75, 3.05) is 13.7 Å². The Morgan fingerprint density at radius 1 is 1.42 bits per heavy atom. The van der Waals surface area contributed by atoms with Gasteiger partial charge < -0.3 is 19.7 Å². The topological polar surface area (TPSA) is 74.2 Å². The molecular formula is C13H17N3O3. The molecule has 0 atom stereocenters. The van der Waals surface area contributed by atoms with Crippen LogP contribution >= 0.6 is 0 Å². The second-order valence-electron chi connectivity index (χ2n) is 4.17. The van der Waals surface area contributed by atoms with Gasteiger partial charge in [-0.1, -0.05) is 22.9 Å². The molecule has 2 rings (SSSR count). The minimum absolute atomic E-state index is 0.396. The van der Waals surface area contributed by atoms with E-state index >= 15 is 0 Å². The molecule has 19 heavy (non-hydrogen) atoms. The van der Waals surface area contributed by atoms with Crippen molar-refractivity contribution in [1.29, 1.82) is 0 Å². The summed E-state index contributed by atoms with van der Waals surface area (Å²) in [5.41, 5.74) is 1.65. The van der Waals surface area contributed by atoms with Crippen LogP contribution in [0.3, 0.4) is 0 Å². The van der Waals surface area contributed by atoms with E-state index in [1.165, 1.54) is 4.68 Å². The van der Waals surface area contributed by atoms with Crippen molar-refractivity contribution in [2.24, 2.45) is 7.05 Å². The first-order chi connectivity index (χ1) is 9.22.